The third-order valence-corrected chi connectivity index (χ3v) is 4.35. The van der Waals surface area contributed by atoms with Gasteiger partial charge in [0.25, 0.3) is 5.56 Å². The maximum atomic E-state index is 13.0. The Morgan fingerprint density at radius 3 is 2.73 bits per heavy atom. The molecule has 0 aliphatic carbocycles. The van der Waals surface area contributed by atoms with E-state index in [1.165, 1.54) is 18.5 Å². The number of hydrogen-bond donors (Lipinski definition) is 1. The maximum absolute atomic E-state index is 13.0. The van der Waals surface area contributed by atoms with Crippen LogP contribution >= 0.6 is 11.6 Å². The van der Waals surface area contributed by atoms with Crippen molar-refractivity contribution in [2.45, 2.75) is 12.7 Å². The van der Waals surface area contributed by atoms with Crippen molar-refractivity contribution in [2.24, 2.45) is 0 Å². The molecule has 1 aromatic carbocycles. The monoisotopic (exact) mass is 378 g/mol. The molecular weight excluding hydrogens is 369 g/mol. The number of nitrogens with zero attached hydrogens (tertiary/aromatic N) is 3. The molecule has 0 fully saturated rings. The fourth-order valence-electron chi connectivity index (χ4n) is 2.96. The van der Waals surface area contributed by atoms with Crippen LogP contribution < -0.4 is 5.56 Å². The minimum absolute atomic E-state index is 0.102. The zero-order chi connectivity index (χ0) is 18.5. The summed E-state index contributed by atoms with van der Waals surface area (Å²) in [6, 6.07) is 8.09. The zero-order valence-electron chi connectivity index (χ0n) is 13.0. The van der Waals surface area contributed by atoms with Crippen molar-refractivity contribution in [3.63, 3.8) is 0 Å². The molecule has 4 rings (SSSR count). The van der Waals surface area contributed by atoms with Gasteiger partial charge in [0, 0.05) is 17.1 Å². The van der Waals surface area contributed by atoms with Crippen molar-refractivity contribution in [3.8, 4) is 11.3 Å². The number of fused-ring (bicyclic) bond motifs is 3. The lowest BCUT2D eigenvalue weighted by atomic mass is 10.1. The lowest BCUT2D eigenvalue weighted by molar-refractivity contribution is -0.140. The maximum Gasteiger partial charge on any atom is 0.406 e. The van der Waals surface area contributed by atoms with Crippen molar-refractivity contribution < 1.29 is 13.2 Å². The van der Waals surface area contributed by atoms with Crippen LogP contribution in [0.4, 0.5) is 13.2 Å². The summed E-state index contributed by atoms with van der Waals surface area (Å²) in [5, 5.41) is 7.39. The summed E-state index contributed by atoms with van der Waals surface area (Å²) in [6.45, 7) is -1.40. The van der Waals surface area contributed by atoms with Gasteiger partial charge in [-0.25, -0.2) is 0 Å². The molecule has 26 heavy (non-hydrogen) atoms. The fourth-order valence-corrected chi connectivity index (χ4v) is 3.19. The van der Waals surface area contributed by atoms with Gasteiger partial charge in [-0.2, -0.15) is 18.3 Å². The van der Waals surface area contributed by atoms with Gasteiger partial charge in [-0.3, -0.25) is 19.4 Å². The summed E-state index contributed by atoms with van der Waals surface area (Å²) >= 11 is 6.14. The second-order valence-corrected chi connectivity index (χ2v) is 6.14. The topological polar surface area (TPSA) is 63.6 Å². The molecule has 0 saturated carbocycles. The molecule has 0 bridgehead atoms. The molecule has 132 valence electrons. The molecule has 0 spiro atoms. The minimum atomic E-state index is -4.55. The predicted octanol–water partition coefficient (Wildman–Crippen LogP) is 4.16. The Balaban J connectivity index is 2.08. The van der Waals surface area contributed by atoms with Crippen LogP contribution in [0.25, 0.3) is 33.1 Å². The van der Waals surface area contributed by atoms with E-state index in [1.54, 1.807) is 24.3 Å². The normalized spacial score (nSPS) is 12.2. The first-order valence-electron chi connectivity index (χ1n) is 7.52. The number of alkyl halides is 3. The molecule has 1 N–H and O–H groups in total. The van der Waals surface area contributed by atoms with Crippen LogP contribution in [0.1, 0.15) is 0 Å². The van der Waals surface area contributed by atoms with Crippen molar-refractivity contribution >= 4 is 33.4 Å². The SMILES string of the molecule is O=c1c2cn[nH]c2c2ccc(-c3ncccc3Cl)cc2n1CC(F)(F)F. The molecule has 3 heterocycles. The third-order valence-electron chi connectivity index (χ3n) is 4.04. The number of halogens is 4. The van der Waals surface area contributed by atoms with E-state index in [1.807, 2.05) is 0 Å². The number of aromatic nitrogens is 4. The van der Waals surface area contributed by atoms with Crippen LogP contribution in [0.3, 0.4) is 0 Å². The minimum Gasteiger partial charge on any atom is -0.298 e. The number of H-pyrrole nitrogens is 1. The molecule has 0 atom stereocenters. The number of benzene rings is 1. The molecule has 0 aliphatic rings. The Bertz CT molecular complexity index is 1200. The van der Waals surface area contributed by atoms with Crippen molar-refractivity contribution in [2.75, 3.05) is 0 Å². The standard InChI is InChI=1S/C17H10ClF3N4O/c18-12-2-1-5-22-14(12)9-3-4-10-13(6-9)25(8-17(19,20)21)16(26)11-7-23-24-15(10)11/h1-7H,8H2,(H,23,24). The van der Waals surface area contributed by atoms with Gasteiger partial charge in [-0.15, -0.1) is 0 Å². The number of hydrogen-bond acceptors (Lipinski definition) is 3. The fraction of sp³-hybridized carbons (Fsp3) is 0.118. The highest BCUT2D eigenvalue weighted by atomic mass is 35.5. The Morgan fingerprint density at radius 1 is 1.19 bits per heavy atom. The summed E-state index contributed by atoms with van der Waals surface area (Å²) in [7, 11) is 0. The van der Waals surface area contributed by atoms with Crippen LogP contribution in [-0.2, 0) is 6.54 Å². The Labute approximate surface area is 149 Å². The average Bonchev–Trinajstić information content (AvgIpc) is 3.08. The van der Waals surface area contributed by atoms with E-state index in [9.17, 15) is 18.0 Å². The molecule has 9 heteroatoms. The van der Waals surface area contributed by atoms with E-state index in [0.717, 1.165) is 0 Å². The summed E-state index contributed by atoms with van der Waals surface area (Å²) in [5.74, 6) is 0. The third kappa shape index (κ3) is 2.72. The quantitative estimate of drug-likeness (QED) is 0.569. The van der Waals surface area contributed by atoms with E-state index in [4.69, 9.17) is 11.6 Å². The molecule has 5 nitrogen and oxygen atoms in total. The van der Waals surface area contributed by atoms with Gasteiger partial charge in [0.2, 0.25) is 0 Å². The first kappa shape index (κ1) is 16.6. The summed E-state index contributed by atoms with van der Waals surface area (Å²) < 4.78 is 39.8. The first-order chi connectivity index (χ1) is 12.3. The Morgan fingerprint density at radius 2 is 2.00 bits per heavy atom. The number of aromatic amines is 1. The van der Waals surface area contributed by atoms with Gasteiger partial charge >= 0.3 is 6.18 Å². The largest absolute Gasteiger partial charge is 0.406 e. The lowest BCUT2D eigenvalue weighted by Gasteiger charge is -2.14. The van der Waals surface area contributed by atoms with Gasteiger partial charge in [-0.05, 0) is 18.2 Å². The Kier molecular flexibility index (Phi) is 3.73. The smallest absolute Gasteiger partial charge is 0.298 e. The van der Waals surface area contributed by atoms with Gasteiger partial charge in [0.1, 0.15) is 6.54 Å². The second-order valence-electron chi connectivity index (χ2n) is 5.73. The summed E-state index contributed by atoms with van der Waals surface area (Å²) in [6.07, 6.45) is -1.79. The van der Waals surface area contributed by atoms with E-state index in [2.05, 4.69) is 15.2 Å². The van der Waals surface area contributed by atoms with Crippen molar-refractivity contribution in [3.05, 3.63) is 58.1 Å². The predicted molar refractivity (Wildman–Crippen MR) is 92.2 cm³/mol. The summed E-state index contributed by atoms with van der Waals surface area (Å²) in [5.41, 5.74) is 0.692. The first-order valence-corrected chi connectivity index (χ1v) is 7.90. The molecule has 0 saturated heterocycles. The lowest BCUT2D eigenvalue weighted by Crippen LogP contribution is -2.28. The van der Waals surface area contributed by atoms with Crippen LogP contribution in [-0.4, -0.2) is 25.9 Å². The van der Waals surface area contributed by atoms with E-state index >= 15 is 0 Å². The second kappa shape index (κ2) is 5.84. The molecule has 0 amide bonds. The van der Waals surface area contributed by atoms with Crippen LogP contribution in [0.5, 0.6) is 0 Å². The van der Waals surface area contributed by atoms with E-state index in [-0.39, 0.29) is 10.9 Å². The van der Waals surface area contributed by atoms with Crippen molar-refractivity contribution in [1.82, 2.24) is 19.7 Å². The van der Waals surface area contributed by atoms with Crippen LogP contribution in [0.15, 0.2) is 47.5 Å². The van der Waals surface area contributed by atoms with Gasteiger partial charge in [0.05, 0.1) is 33.3 Å². The Hall–Kier alpha value is -2.87. The molecule has 0 aliphatic heterocycles. The average molecular weight is 379 g/mol. The molecule has 4 aromatic rings. The van der Waals surface area contributed by atoms with Gasteiger partial charge < -0.3 is 0 Å². The zero-order valence-corrected chi connectivity index (χ0v) is 13.8. The van der Waals surface area contributed by atoms with Crippen LogP contribution in [0, 0.1) is 0 Å². The number of nitrogens with one attached hydrogen (secondary N) is 1. The highest BCUT2D eigenvalue weighted by molar-refractivity contribution is 6.33. The molecular formula is C17H10ClF3N4O. The molecule has 3 aromatic heterocycles. The molecule has 0 unspecified atom stereocenters. The van der Waals surface area contributed by atoms with Gasteiger partial charge in [-0.1, -0.05) is 23.7 Å². The van der Waals surface area contributed by atoms with E-state index in [0.29, 0.717) is 31.8 Å². The highest BCUT2D eigenvalue weighted by Gasteiger charge is 2.30. The van der Waals surface area contributed by atoms with Gasteiger partial charge in [0.15, 0.2) is 0 Å². The van der Waals surface area contributed by atoms with E-state index < -0.39 is 18.3 Å². The number of pyridine rings is 2. The highest BCUT2D eigenvalue weighted by Crippen LogP contribution is 2.31. The van der Waals surface area contributed by atoms with Crippen LogP contribution in [0.2, 0.25) is 5.02 Å². The van der Waals surface area contributed by atoms with Crippen molar-refractivity contribution in [1.29, 1.82) is 0 Å². The molecule has 0 radical (unpaired) electrons. The summed E-state index contributed by atoms with van der Waals surface area (Å²) in [4.78, 5) is 16.7. The number of rotatable bonds is 2.